The van der Waals surface area contributed by atoms with Crippen LogP contribution in [0.5, 0.6) is 5.75 Å². The van der Waals surface area contributed by atoms with E-state index in [2.05, 4.69) is 15.8 Å². The number of hydrazine groups is 1. The molecule has 1 heterocycles. The SMILES string of the molecule is COc1ccc(C(=O)NNC(=O)Cc2csc(-c3ccc(F)cc3)n2)c(F)c1. The summed E-state index contributed by atoms with van der Waals surface area (Å²) in [7, 11) is 1.38. The second-order valence-corrected chi connectivity index (χ2v) is 6.53. The maximum Gasteiger partial charge on any atom is 0.272 e. The van der Waals surface area contributed by atoms with Crippen molar-refractivity contribution in [2.45, 2.75) is 6.42 Å². The van der Waals surface area contributed by atoms with Crippen LogP contribution < -0.4 is 15.6 Å². The van der Waals surface area contributed by atoms with Crippen molar-refractivity contribution in [2.24, 2.45) is 0 Å². The number of carbonyl (C=O) groups excluding carboxylic acids is 2. The third kappa shape index (κ3) is 4.68. The lowest BCUT2D eigenvalue weighted by Gasteiger charge is -2.08. The molecule has 1 aromatic heterocycles. The second kappa shape index (κ2) is 8.57. The first kappa shape index (κ1) is 19.4. The smallest absolute Gasteiger partial charge is 0.272 e. The highest BCUT2D eigenvalue weighted by Crippen LogP contribution is 2.24. The maximum atomic E-state index is 13.9. The van der Waals surface area contributed by atoms with Gasteiger partial charge in [0.15, 0.2) is 0 Å². The Morgan fingerprint density at radius 2 is 1.86 bits per heavy atom. The molecule has 0 fully saturated rings. The third-order valence-corrected chi connectivity index (χ3v) is 4.66. The van der Waals surface area contributed by atoms with E-state index in [4.69, 9.17) is 4.74 Å². The highest BCUT2D eigenvalue weighted by atomic mass is 32.1. The average Bonchev–Trinajstić information content (AvgIpc) is 3.15. The van der Waals surface area contributed by atoms with Crippen LogP contribution in [0.2, 0.25) is 0 Å². The minimum absolute atomic E-state index is 0.0803. The summed E-state index contributed by atoms with van der Waals surface area (Å²) in [5.41, 5.74) is 5.38. The van der Waals surface area contributed by atoms with Gasteiger partial charge in [-0.1, -0.05) is 0 Å². The van der Waals surface area contributed by atoms with E-state index >= 15 is 0 Å². The summed E-state index contributed by atoms with van der Waals surface area (Å²) in [6.45, 7) is 0. The van der Waals surface area contributed by atoms with Crippen molar-refractivity contribution in [2.75, 3.05) is 7.11 Å². The highest BCUT2D eigenvalue weighted by Gasteiger charge is 2.14. The Bertz CT molecular complexity index is 1010. The summed E-state index contributed by atoms with van der Waals surface area (Å²) in [5.74, 6) is -2.14. The first-order chi connectivity index (χ1) is 13.5. The molecular weight excluding hydrogens is 388 g/mol. The van der Waals surface area contributed by atoms with E-state index in [0.717, 1.165) is 11.6 Å². The number of aromatic nitrogens is 1. The van der Waals surface area contributed by atoms with Gasteiger partial charge in [-0.25, -0.2) is 13.8 Å². The normalized spacial score (nSPS) is 10.4. The van der Waals surface area contributed by atoms with Crippen molar-refractivity contribution in [3.63, 3.8) is 0 Å². The van der Waals surface area contributed by atoms with Crippen molar-refractivity contribution in [1.29, 1.82) is 0 Å². The van der Waals surface area contributed by atoms with Crippen molar-refractivity contribution in [3.8, 4) is 16.3 Å². The molecule has 0 aliphatic heterocycles. The molecule has 0 aliphatic rings. The van der Waals surface area contributed by atoms with E-state index < -0.39 is 17.6 Å². The van der Waals surface area contributed by atoms with Gasteiger partial charge >= 0.3 is 0 Å². The van der Waals surface area contributed by atoms with Crippen LogP contribution in [0.1, 0.15) is 16.1 Å². The quantitative estimate of drug-likeness (QED) is 0.642. The Kier molecular flexibility index (Phi) is 5.95. The van der Waals surface area contributed by atoms with Crippen LogP contribution in [0.3, 0.4) is 0 Å². The Hall–Kier alpha value is -3.33. The van der Waals surface area contributed by atoms with Crippen molar-refractivity contribution in [1.82, 2.24) is 15.8 Å². The van der Waals surface area contributed by atoms with Gasteiger partial charge in [0, 0.05) is 17.0 Å². The maximum absolute atomic E-state index is 13.9. The predicted octanol–water partition coefficient (Wildman–Crippen LogP) is 3.10. The Morgan fingerprint density at radius 1 is 1.11 bits per heavy atom. The van der Waals surface area contributed by atoms with Crippen LogP contribution in [0.25, 0.3) is 10.6 Å². The van der Waals surface area contributed by atoms with Crippen molar-refractivity contribution >= 4 is 23.2 Å². The van der Waals surface area contributed by atoms with E-state index in [1.807, 2.05) is 0 Å². The van der Waals surface area contributed by atoms with Gasteiger partial charge in [-0.3, -0.25) is 20.4 Å². The monoisotopic (exact) mass is 403 g/mol. The van der Waals surface area contributed by atoms with Gasteiger partial charge in [0.1, 0.15) is 22.4 Å². The summed E-state index contributed by atoms with van der Waals surface area (Å²) < 4.78 is 31.7. The number of rotatable bonds is 5. The highest BCUT2D eigenvalue weighted by molar-refractivity contribution is 7.13. The molecule has 3 aromatic rings. The Balaban J connectivity index is 1.56. The lowest BCUT2D eigenvalue weighted by atomic mass is 10.2. The standard InChI is InChI=1S/C19H15F2N3O3S/c1-27-14-6-7-15(16(21)9-14)18(26)24-23-17(25)8-13-10-28-19(22-13)11-2-4-12(20)5-3-11/h2-7,9-10H,8H2,1H3,(H,23,25)(H,24,26). The van der Waals surface area contributed by atoms with Crippen LogP contribution in [0.15, 0.2) is 47.8 Å². The van der Waals surface area contributed by atoms with E-state index in [0.29, 0.717) is 10.7 Å². The number of nitrogens with one attached hydrogen (secondary N) is 2. The van der Waals surface area contributed by atoms with E-state index in [1.165, 1.54) is 42.7 Å². The number of amides is 2. The van der Waals surface area contributed by atoms with E-state index in [-0.39, 0.29) is 23.6 Å². The average molecular weight is 403 g/mol. The second-order valence-electron chi connectivity index (χ2n) is 5.68. The molecule has 0 aliphatic carbocycles. The lowest BCUT2D eigenvalue weighted by molar-refractivity contribution is -0.121. The van der Waals surface area contributed by atoms with Crippen LogP contribution in [0.4, 0.5) is 8.78 Å². The van der Waals surface area contributed by atoms with Crippen LogP contribution in [-0.4, -0.2) is 23.9 Å². The van der Waals surface area contributed by atoms with E-state index in [9.17, 15) is 18.4 Å². The van der Waals surface area contributed by atoms with Gasteiger partial charge in [0.05, 0.1) is 24.8 Å². The number of thiazole rings is 1. The van der Waals surface area contributed by atoms with Gasteiger partial charge in [0.2, 0.25) is 5.91 Å². The van der Waals surface area contributed by atoms with Gasteiger partial charge < -0.3 is 4.74 Å². The van der Waals surface area contributed by atoms with Crippen molar-refractivity contribution in [3.05, 3.63) is 70.7 Å². The van der Waals surface area contributed by atoms with Crippen LogP contribution in [-0.2, 0) is 11.2 Å². The molecule has 0 radical (unpaired) electrons. The molecular formula is C19H15F2N3O3S. The molecule has 144 valence electrons. The molecule has 0 saturated heterocycles. The third-order valence-electron chi connectivity index (χ3n) is 3.72. The van der Waals surface area contributed by atoms with Gasteiger partial charge in [-0.2, -0.15) is 0 Å². The number of ether oxygens (including phenoxy) is 1. The molecule has 28 heavy (non-hydrogen) atoms. The summed E-state index contributed by atoms with van der Waals surface area (Å²) in [4.78, 5) is 28.3. The molecule has 3 rings (SSSR count). The molecule has 0 atom stereocenters. The Labute approximate surface area is 163 Å². The molecule has 2 amide bonds. The minimum Gasteiger partial charge on any atom is -0.497 e. The molecule has 2 aromatic carbocycles. The number of nitrogens with zero attached hydrogens (tertiary/aromatic N) is 1. The minimum atomic E-state index is -0.793. The van der Waals surface area contributed by atoms with Crippen LogP contribution >= 0.6 is 11.3 Å². The first-order valence-corrected chi connectivity index (χ1v) is 8.97. The molecule has 0 saturated carbocycles. The molecule has 0 unspecified atom stereocenters. The molecule has 2 N–H and O–H groups in total. The fourth-order valence-corrected chi connectivity index (χ4v) is 3.15. The van der Waals surface area contributed by atoms with Gasteiger partial charge in [0.25, 0.3) is 5.91 Å². The zero-order valence-electron chi connectivity index (χ0n) is 14.7. The van der Waals surface area contributed by atoms with Gasteiger partial charge in [-0.05, 0) is 36.4 Å². The summed E-state index contributed by atoms with van der Waals surface area (Å²) in [6, 6.07) is 9.62. The zero-order valence-corrected chi connectivity index (χ0v) is 15.5. The Morgan fingerprint density at radius 3 is 2.54 bits per heavy atom. The van der Waals surface area contributed by atoms with Gasteiger partial charge in [-0.15, -0.1) is 11.3 Å². The number of halogens is 2. The number of hydrogen-bond acceptors (Lipinski definition) is 5. The predicted molar refractivity (Wildman–Crippen MR) is 99.8 cm³/mol. The number of hydrogen-bond donors (Lipinski definition) is 2. The number of methoxy groups -OCH3 is 1. The summed E-state index contributed by atoms with van der Waals surface area (Å²) >= 11 is 1.31. The van der Waals surface area contributed by atoms with Crippen molar-refractivity contribution < 1.29 is 23.1 Å². The summed E-state index contributed by atoms with van der Waals surface area (Å²) in [5, 5.41) is 2.34. The molecule has 6 nitrogen and oxygen atoms in total. The lowest BCUT2D eigenvalue weighted by Crippen LogP contribution is -2.42. The largest absolute Gasteiger partial charge is 0.497 e. The molecule has 0 spiro atoms. The molecule has 0 bridgehead atoms. The summed E-state index contributed by atoms with van der Waals surface area (Å²) in [6.07, 6.45) is -0.0803. The fourth-order valence-electron chi connectivity index (χ4n) is 2.32. The fraction of sp³-hybridized carbons (Fsp3) is 0.105. The zero-order chi connectivity index (χ0) is 20.1. The molecule has 9 heteroatoms. The first-order valence-electron chi connectivity index (χ1n) is 8.09. The topological polar surface area (TPSA) is 80.3 Å². The van der Waals surface area contributed by atoms with E-state index in [1.54, 1.807) is 17.5 Å². The number of carbonyl (C=O) groups is 2. The number of benzene rings is 2. The van der Waals surface area contributed by atoms with Crippen LogP contribution in [0, 0.1) is 11.6 Å².